The molecule has 1 aliphatic heterocycles. The zero-order chi connectivity index (χ0) is 18.8. The molecule has 2 amide bonds. The summed E-state index contributed by atoms with van der Waals surface area (Å²) in [5.74, 6) is 0.479. The Morgan fingerprint density at radius 2 is 2.00 bits per heavy atom. The molecule has 0 spiro atoms. The summed E-state index contributed by atoms with van der Waals surface area (Å²) in [6.45, 7) is 1.62. The van der Waals surface area contributed by atoms with Gasteiger partial charge in [0, 0.05) is 0 Å². The van der Waals surface area contributed by atoms with E-state index >= 15 is 0 Å². The number of imide groups is 1. The van der Waals surface area contributed by atoms with Gasteiger partial charge in [0.2, 0.25) is 0 Å². The third kappa shape index (κ3) is 3.03. The zero-order valence-electron chi connectivity index (χ0n) is 14.5. The summed E-state index contributed by atoms with van der Waals surface area (Å²) >= 11 is 2.40. The molecular formula is C19H17NO5Ru+. The maximum absolute atomic E-state index is 13.2. The Kier molecular flexibility index (Phi) is 5.19. The summed E-state index contributed by atoms with van der Waals surface area (Å²) in [6, 6.07) is 10.2. The van der Waals surface area contributed by atoms with E-state index in [4.69, 9.17) is 14.2 Å². The fraction of sp³-hybridized carbons (Fsp3) is 0.211. The van der Waals surface area contributed by atoms with Gasteiger partial charge in [-0.25, -0.2) is 0 Å². The van der Waals surface area contributed by atoms with Crippen molar-refractivity contribution in [1.29, 1.82) is 0 Å². The number of methoxy groups -OCH3 is 2. The molecule has 1 heterocycles. The number of hydrogen-bond acceptors (Lipinski definition) is 5. The standard InChI is InChI=1S/C19H17NO5.Ru/c1-11-6-5-7-15-17(11)25-12(2)18(21)20(15)19(22)14-9-8-13(23-3)10-16(14)24-4;/h1,5-10,12H,2-4H3;/q;+1. The van der Waals surface area contributed by atoms with Crippen LogP contribution in [0.5, 0.6) is 17.2 Å². The first-order valence-corrected chi connectivity index (χ1v) is 8.84. The number of carbonyl (C=O) groups is 2. The van der Waals surface area contributed by atoms with Crippen LogP contribution in [0.4, 0.5) is 5.69 Å². The van der Waals surface area contributed by atoms with Crippen LogP contribution in [0, 0.1) is 0 Å². The van der Waals surface area contributed by atoms with Crippen molar-refractivity contribution in [3.63, 3.8) is 0 Å². The van der Waals surface area contributed by atoms with E-state index in [0.717, 1.165) is 10.5 Å². The van der Waals surface area contributed by atoms with Gasteiger partial charge in [0.25, 0.3) is 0 Å². The second kappa shape index (κ2) is 7.38. The summed E-state index contributed by atoms with van der Waals surface area (Å²) in [5, 5.41) is 0. The summed E-state index contributed by atoms with van der Waals surface area (Å²) in [4.78, 5) is 27.1. The van der Waals surface area contributed by atoms with Crippen LogP contribution in [0.15, 0.2) is 36.4 Å². The first kappa shape index (κ1) is 18.3. The van der Waals surface area contributed by atoms with E-state index in [-0.39, 0.29) is 5.56 Å². The Labute approximate surface area is 160 Å². The van der Waals surface area contributed by atoms with E-state index in [9.17, 15) is 9.59 Å². The van der Waals surface area contributed by atoms with E-state index < -0.39 is 17.9 Å². The molecule has 2 aromatic rings. The Bertz CT molecular complexity index is 895. The van der Waals surface area contributed by atoms with Crippen LogP contribution < -0.4 is 19.1 Å². The predicted octanol–water partition coefficient (Wildman–Crippen LogP) is 2.36. The van der Waals surface area contributed by atoms with E-state index in [0.29, 0.717) is 22.9 Å². The van der Waals surface area contributed by atoms with Crippen molar-refractivity contribution < 1.29 is 41.7 Å². The first-order chi connectivity index (χ1) is 12.5. The van der Waals surface area contributed by atoms with Crippen LogP contribution in [0.3, 0.4) is 0 Å². The quantitative estimate of drug-likeness (QED) is 0.540. The summed E-state index contributed by atoms with van der Waals surface area (Å²) in [6.07, 6.45) is -0.775. The topological polar surface area (TPSA) is 65.1 Å². The maximum atomic E-state index is 13.2. The average molecular weight is 440 g/mol. The molecule has 1 atom stereocenters. The van der Waals surface area contributed by atoms with Crippen LogP contribution >= 0.6 is 0 Å². The number of anilines is 1. The second-order valence-corrected chi connectivity index (χ2v) is 6.10. The van der Waals surface area contributed by atoms with Crippen LogP contribution in [0.1, 0.15) is 22.8 Å². The Morgan fingerprint density at radius 3 is 2.65 bits per heavy atom. The molecule has 7 heteroatoms. The number of rotatable bonds is 4. The number of ether oxygens (including phenoxy) is 3. The Morgan fingerprint density at radius 1 is 1.23 bits per heavy atom. The molecular weight excluding hydrogens is 423 g/mol. The van der Waals surface area contributed by atoms with Gasteiger partial charge in [0.1, 0.15) is 0 Å². The van der Waals surface area contributed by atoms with Gasteiger partial charge in [0.15, 0.2) is 0 Å². The number of nitrogens with zero attached hydrogens (tertiary/aromatic N) is 1. The van der Waals surface area contributed by atoms with E-state index in [1.54, 1.807) is 41.9 Å². The van der Waals surface area contributed by atoms with E-state index in [2.05, 4.69) is 17.9 Å². The van der Waals surface area contributed by atoms with Crippen molar-refractivity contribution in [1.82, 2.24) is 0 Å². The van der Waals surface area contributed by atoms with Crippen LogP contribution in [0.2, 0.25) is 0 Å². The molecule has 0 radical (unpaired) electrons. The fourth-order valence-corrected chi connectivity index (χ4v) is 3.15. The normalized spacial score (nSPS) is 15.7. The number of para-hydroxylation sites is 1. The van der Waals surface area contributed by atoms with Gasteiger partial charge >= 0.3 is 161 Å². The molecule has 135 valence electrons. The zero-order valence-corrected chi connectivity index (χ0v) is 16.2. The molecule has 2 aromatic carbocycles. The molecule has 0 aliphatic carbocycles. The molecule has 6 nitrogen and oxygen atoms in total. The second-order valence-electron chi connectivity index (χ2n) is 5.60. The molecule has 1 aliphatic rings. The molecule has 0 aromatic heterocycles. The summed E-state index contributed by atoms with van der Waals surface area (Å²) < 4.78 is 18.0. The van der Waals surface area contributed by atoms with Gasteiger partial charge in [0.05, 0.1) is 0 Å². The molecule has 3 rings (SSSR count). The summed E-state index contributed by atoms with van der Waals surface area (Å²) in [5.41, 5.74) is 1.47. The monoisotopic (exact) mass is 441 g/mol. The molecule has 0 N–H and O–H groups in total. The van der Waals surface area contributed by atoms with Gasteiger partial charge in [-0.2, -0.15) is 0 Å². The molecule has 26 heavy (non-hydrogen) atoms. The van der Waals surface area contributed by atoms with Crippen molar-refractivity contribution in [2.45, 2.75) is 13.0 Å². The minimum atomic E-state index is -0.775. The Hall–Kier alpha value is -2.53. The van der Waals surface area contributed by atoms with Crippen molar-refractivity contribution in [2.75, 3.05) is 19.1 Å². The molecule has 0 fully saturated rings. The van der Waals surface area contributed by atoms with Crippen LogP contribution in [-0.2, 0) is 22.6 Å². The summed E-state index contributed by atoms with van der Waals surface area (Å²) in [7, 11) is 2.99. The van der Waals surface area contributed by atoms with E-state index in [1.165, 1.54) is 14.2 Å². The van der Waals surface area contributed by atoms with Crippen molar-refractivity contribution >= 4 is 22.1 Å². The van der Waals surface area contributed by atoms with Gasteiger partial charge in [-0.1, -0.05) is 0 Å². The van der Waals surface area contributed by atoms with Crippen molar-refractivity contribution in [3.8, 4) is 17.2 Å². The SMILES string of the molecule is COc1ccc(C(=O)N2C(=O)C(C)Oc3c([CH]=[Ru+])cccc32)c(OC)c1. The van der Waals surface area contributed by atoms with Crippen LogP contribution in [0.25, 0.3) is 0 Å². The number of benzene rings is 2. The van der Waals surface area contributed by atoms with Crippen molar-refractivity contribution in [3.05, 3.63) is 47.5 Å². The van der Waals surface area contributed by atoms with Crippen LogP contribution in [-0.4, -0.2) is 36.7 Å². The van der Waals surface area contributed by atoms with Gasteiger partial charge in [-0.05, 0) is 0 Å². The fourth-order valence-electron chi connectivity index (χ4n) is 2.76. The first-order valence-electron chi connectivity index (χ1n) is 7.83. The number of fused-ring (bicyclic) bond motifs is 1. The predicted molar refractivity (Wildman–Crippen MR) is 93.1 cm³/mol. The third-order valence-electron chi connectivity index (χ3n) is 4.08. The van der Waals surface area contributed by atoms with Gasteiger partial charge < -0.3 is 0 Å². The number of carbonyl (C=O) groups excluding carboxylic acids is 2. The van der Waals surface area contributed by atoms with E-state index in [1.807, 2.05) is 6.07 Å². The molecule has 1 unspecified atom stereocenters. The van der Waals surface area contributed by atoms with Gasteiger partial charge in [-0.3, -0.25) is 0 Å². The Balaban J connectivity index is 2.13. The molecule has 0 bridgehead atoms. The third-order valence-corrected chi connectivity index (χ3v) is 4.62. The average Bonchev–Trinajstić information content (AvgIpc) is 2.67. The van der Waals surface area contributed by atoms with Crippen molar-refractivity contribution in [2.24, 2.45) is 0 Å². The number of amides is 2. The number of hydrogen-bond donors (Lipinski definition) is 0. The molecule has 0 saturated carbocycles. The van der Waals surface area contributed by atoms with Gasteiger partial charge in [-0.15, -0.1) is 0 Å². The molecule has 0 saturated heterocycles. The minimum absolute atomic E-state index is 0.267.